The summed E-state index contributed by atoms with van der Waals surface area (Å²) in [6, 6.07) is 27.2. The molecule has 2 nitrogen and oxygen atoms in total. The van der Waals surface area contributed by atoms with Gasteiger partial charge in [0, 0.05) is 5.69 Å². The Labute approximate surface area is 161 Å². The Morgan fingerprint density at radius 2 is 1.54 bits per heavy atom. The molecule has 0 aliphatic rings. The van der Waals surface area contributed by atoms with Crippen LogP contribution in [0.1, 0.15) is 35.2 Å². The molecule has 0 unspecified atom stereocenters. The van der Waals surface area contributed by atoms with E-state index in [1.165, 1.54) is 22.3 Å². The van der Waals surface area contributed by atoms with E-state index in [0.717, 1.165) is 12.1 Å². The molecule has 0 heterocycles. The quantitative estimate of drug-likeness (QED) is 0.576. The third-order valence-corrected chi connectivity index (χ3v) is 4.75. The standard InChI is InChI=1S/C23H24N2S/c1-3-18-13-15-20(16-14-18)24-23(26)25-22(19-10-5-4-6-11-19)21-12-8-7-9-17(21)2/h4-16,22H,3H2,1-2H3,(H2,24,25,26)/t22-/m0/s1. The van der Waals surface area contributed by atoms with Gasteiger partial charge in [-0.3, -0.25) is 0 Å². The van der Waals surface area contributed by atoms with Gasteiger partial charge in [0.15, 0.2) is 5.11 Å². The number of aryl methyl sites for hydroxylation is 2. The second kappa shape index (κ2) is 8.63. The number of benzene rings is 3. The van der Waals surface area contributed by atoms with E-state index in [2.05, 4.69) is 97.3 Å². The van der Waals surface area contributed by atoms with Crippen LogP contribution >= 0.6 is 12.2 Å². The summed E-state index contributed by atoms with van der Waals surface area (Å²) >= 11 is 5.59. The zero-order chi connectivity index (χ0) is 18.4. The summed E-state index contributed by atoms with van der Waals surface area (Å²) in [7, 11) is 0. The lowest BCUT2D eigenvalue weighted by molar-refractivity contribution is 0.762. The molecule has 0 aromatic heterocycles. The van der Waals surface area contributed by atoms with Gasteiger partial charge in [0.25, 0.3) is 0 Å². The number of anilines is 1. The van der Waals surface area contributed by atoms with Gasteiger partial charge >= 0.3 is 0 Å². The minimum atomic E-state index is 0.00677. The number of nitrogens with one attached hydrogen (secondary N) is 2. The van der Waals surface area contributed by atoms with Gasteiger partial charge in [-0.05, 0) is 59.9 Å². The van der Waals surface area contributed by atoms with Crippen LogP contribution in [0.25, 0.3) is 0 Å². The lowest BCUT2D eigenvalue weighted by Gasteiger charge is -2.23. The first-order chi connectivity index (χ1) is 12.7. The van der Waals surface area contributed by atoms with Crippen LogP contribution in [0.2, 0.25) is 0 Å². The van der Waals surface area contributed by atoms with Crippen LogP contribution in [-0.2, 0) is 6.42 Å². The zero-order valence-corrected chi connectivity index (χ0v) is 16.0. The van der Waals surface area contributed by atoms with Crippen LogP contribution in [0.15, 0.2) is 78.9 Å². The topological polar surface area (TPSA) is 24.1 Å². The molecular weight excluding hydrogens is 336 g/mol. The van der Waals surface area contributed by atoms with Crippen molar-refractivity contribution >= 4 is 23.0 Å². The Morgan fingerprint density at radius 1 is 0.885 bits per heavy atom. The molecule has 26 heavy (non-hydrogen) atoms. The summed E-state index contributed by atoms with van der Waals surface area (Å²) in [4.78, 5) is 0. The minimum Gasteiger partial charge on any atom is -0.352 e. The highest BCUT2D eigenvalue weighted by molar-refractivity contribution is 7.80. The molecule has 3 aromatic carbocycles. The monoisotopic (exact) mass is 360 g/mol. The molecule has 0 saturated heterocycles. The molecule has 1 atom stereocenters. The predicted molar refractivity (Wildman–Crippen MR) is 115 cm³/mol. The first-order valence-electron chi connectivity index (χ1n) is 8.94. The molecule has 0 aliphatic carbocycles. The lowest BCUT2D eigenvalue weighted by Crippen LogP contribution is -2.33. The van der Waals surface area contributed by atoms with Crippen molar-refractivity contribution in [3.63, 3.8) is 0 Å². The molecule has 3 aromatic rings. The van der Waals surface area contributed by atoms with Crippen molar-refractivity contribution in [2.24, 2.45) is 0 Å². The van der Waals surface area contributed by atoms with Gasteiger partial charge in [-0.25, -0.2) is 0 Å². The van der Waals surface area contributed by atoms with E-state index in [-0.39, 0.29) is 6.04 Å². The van der Waals surface area contributed by atoms with E-state index >= 15 is 0 Å². The van der Waals surface area contributed by atoms with Crippen molar-refractivity contribution < 1.29 is 0 Å². The average molecular weight is 361 g/mol. The summed E-state index contributed by atoms with van der Waals surface area (Å²) in [5, 5.41) is 7.41. The molecule has 0 radical (unpaired) electrons. The van der Waals surface area contributed by atoms with Gasteiger partial charge in [-0.15, -0.1) is 0 Å². The van der Waals surface area contributed by atoms with E-state index in [1.807, 2.05) is 6.07 Å². The maximum Gasteiger partial charge on any atom is 0.171 e. The Morgan fingerprint density at radius 3 is 2.19 bits per heavy atom. The molecule has 132 valence electrons. The van der Waals surface area contributed by atoms with E-state index in [0.29, 0.717) is 5.11 Å². The number of rotatable bonds is 5. The van der Waals surface area contributed by atoms with Crippen LogP contribution in [0.5, 0.6) is 0 Å². The van der Waals surface area contributed by atoms with Crippen LogP contribution in [0, 0.1) is 6.92 Å². The van der Waals surface area contributed by atoms with Crippen molar-refractivity contribution in [3.05, 3.63) is 101 Å². The second-order valence-electron chi connectivity index (χ2n) is 6.35. The molecular formula is C23H24N2S. The first kappa shape index (κ1) is 18.2. The normalized spacial score (nSPS) is 11.6. The summed E-state index contributed by atoms with van der Waals surface area (Å²) in [5.74, 6) is 0. The lowest BCUT2D eigenvalue weighted by atomic mass is 9.95. The van der Waals surface area contributed by atoms with Crippen molar-refractivity contribution in [1.29, 1.82) is 0 Å². The largest absolute Gasteiger partial charge is 0.352 e. The number of thiocarbonyl (C=S) groups is 1. The van der Waals surface area contributed by atoms with Crippen LogP contribution in [0.3, 0.4) is 0 Å². The van der Waals surface area contributed by atoms with Crippen LogP contribution in [-0.4, -0.2) is 5.11 Å². The predicted octanol–water partition coefficient (Wildman–Crippen LogP) is 5.63. The van der Waals surface area contributed by atoms with Crippen molar-refractivity contribution in [1.82, 2.24) is 5.32 Å². The van der Waals surface area contributed by atoms with Gasteiger partial charge < -0.3 is 10.6 Å². The number of hydrogen-bond acceptors (Lipinski definition) is 1. The molecule has 0 fully saturated rings. The smallest absolute Gasteiger partial charge is 0.171 e. The van der Waals surface area contributed by atoms with E-state index in [9.17, 15) is 0 Å². The maximum absolute atomic E-state index is 5.59. The Kier molecular flexibility index (Phi) is 6.03. The Hall–Kier alpha value is -2.65. The molecule has 0 bridgehead atoms. The minimum absolute atomic E-state index is 0.00677. The third-order valence-electron chi connectivity index (χ3n) is 4.53. The van der Waals surface area contributed by atoms with Gasteiger partial charge in [0.2, 0.25) is 0 Å². The Balaban J connectivity index is 1.81. The summed E-state index contributed by atoms with van der Waals surface area (Å²) in [6.45, 7) is 4.29. The SMILES string of the molecule is CCc1ccc(NC(=S)N[C@@H](c2ccccc2)c2ccccc2C)cc1. The fraction of sp³-hybridized carbons (Fsp3) is 0.174. The molecule has 0 amide bonds. The second-order valence-corrected chi connectivity index (χ2v) is 6.76. The van der Waals surface area contributed by atoms with Crippen molar-refractivity contribution in [2.45, 2.75) is 26.3 Å². The summed E-state index contributed by atoms with van der Waals surface area (Å²) < 4.78 is 0. The molecule has 3 heteroatoms. The van der Waals surface area contributed by atoms with Gasteiger partial charge in [0.1, 0.15) is 0 Å². The number of hydrogen-bond donors (Lipinski definition) is 2. The summed E-state index contributed by atoms with van der Waals surface area (Å²) in [6.07, 6.45) is 1.03. The maximum atomic E-state index is 5.59. The van der Waals surface area contributed by atoms with Gasteiger partial charge in [-0.1, -0.05) is 73.7 Å². The molecule has 0 aliphatic heterocycles. The van der Waals surface area contributed by atoms with E-state index < -0.39 is 0 Å². The van der Waals surface area contributed by atoms with Gasteiger partial charge in [-0.2, -0.15) is 0 Å². The van der Waals surface area contributed by atoms with Crippen molar-refractivity contribution in [3.8, 4) is 0 Å². The molecule has 3 rings (SSSR count). The fourth-order valence-electron chi connectivity index (χ4n) is 3.02. The van der Waals surface area contributed by atoms with Gasteiger partial charge in [0.05, 0.1) is 6.04 Å². The van der Waals surface area contributed by atoms with E-state index in [4.69, 9.17) is 12.2 Å². The Bertz CT molecular complexity index is 857. The van der Waals surface area contributed by atoms with Crippen LogP contribution in [0.4, 0.5) is 5.69 Å². The van der Waals surface area contributed by atoms with Crippen molar-refractivity contribution in [2.75, 3.05) is 5.32 Å². The highest BCUT2D eigenvalue weighted by Gasteiger charge is 2.16. The zero-order valence-electron chi connectivity index (χ0n) is 15.2. The molecule has 0 saturated carbocycles. The highest BCUT2D eigenvalue weighted by atomic mass is 32.1. The summed E-state index contributed by atoms with van der Waals surface area (Å²) in [5.41, 5.74) is 5.97. The first-order valence-corrected chi connectivity index (χ1v) is 9.35. The average Bonchev–Trinajstić information content (AvgIpc) is 2.68. The van der Waals surface area contributed by atoms with E-state index in [1.54, 1.807) is 0 Å². The molecule has 2 N–H and O–H groups in total. The fourth-order valence-corrected chi connectivity index (χ4v) is 3.25. The highest BCUT2D eigenvalue weighted by Crippen LogP contribution is 2.25. The third kappa shape index (κ3) is 4.50. The van der Waals surface area contributed by atoms with Crippen LogP contribution < -0.4 is 10.6 Å². The molecule has 0 spiro atoms.